The smallest absolute Gasteiger partial charge is 0.160 e. The second kappa shape index (κ2) is 10.8. The molecule has 0 radical (unpaired) electrons. The highest BCUT2D eigenvalue weighted by Gasteiger charge is 2.15. The fraction of sp³-hybridized carbons (Fsp3) is 0. The zero-order chi connectivity index (χ0) is 30.5. The zero-order valence-electron chi connectivity index (χ0n) is 24.9. The maximum Gasteiger partial charge on any atom is 0.160 e. The third-order valence-electron chi connectivity index (χ3n) is 8.95. The van der Waals surface area contributed by atoms with Crippen molar-refractivity contribution in [2.75, 3.05) is 0 Å². The van der Waals surface area contributed by atoms with Crippen LogP contribution in [0, 0.1) is 0 Å². The molecule has 3 heteroatoms. The number of aromatic nitrogens is 3. The lowest BCUT2D eigenvalue weighted by Gasteiger charge is -2.15. The van der Waals surface area contributed by atoms with Crippen LogP contribution in [0.25, 0.3) is 88.5 Å². The van der Waals surface area contributed by atoms with Gasteiger partial charge in [0, 0.05) is 34.6 Å². The van der Waals surface area contributed by atoms with Gasteiger partial charge in [-0.25, -0.2) is 9.97 Å². The van der Waals surface area contributed by atoms with Crippen LogP contribution in [0.5, 0.6) is 0 Å². The summed E-state index contributed by atoms with van der Waals surface area (Å²) in [5.74, 6) is 0.699. The Bertz CT molecular complexity index is 2490. The zero-order valence-corrected chi connectivity index (χ0v) is 24.9. The first-order chi connectivity index (χ1) is 22.8. The Kier molecular flexibility index (Phi) is 6.14. The van der Waals surface area contributed by atoms with Gasteiger partial charge in [0.15, 0.2) is 5.82 Å². The maximum atomic E-state index is 5.09. The van der Waals surface area contributed by atoms with E-state index in [0.717, 1.165) is 39.2 Å². The number of benzene rings is 7. The molecule has 0 aliphatic rings. The van der Waals surface area contributed by atoms with Gasteiger partial charge in [0.05, 0.1) is 11.4 Å². The van der Waals surface area contributed by atoms with Crippen molar-refractivity contribution in [2.45, 2.75) is 0 Å². The van der Waals surface area contributed by atoms with Crippen LogP contribution >= 0.6 is 0 Å². The Hall–Kier alpha value is -6.19. The molecule has 46 heavy (non-hydrogen) atoms. The van der Waals surface area contributed by atoms with E-state index in [1.165, 1.54) is 43.4 Å². The summed E-state index contributed by atoms with van der Waals surface area (Å²) in [6.07, 6.45) is 3.70. The Morgan fingerprint density at radius 1 is 0.370 bits per heavy atom. The lowest BCUT2D eigenvalue weighted by molar-refractivity contribution is 1.18. The monoisotopic (exact) mass is 585 g/mol. The minimum absolute atomic E-state index is 0.699. The number of nitrogens with zero attached hydrogens (tertiary/aromatic N) is 3. The second-order valence-corrected chi connectivity index (χ2v) is 11.7. The summed E-state index contributed by atoms with van der Waals surface area (Å²) in [5, 5.41) is 7.77. The van der Waals surface area contributed by atoms with Gasteiger partial charge in [-0.3, -0.25) is 4.98 Å². The predicted molar refractivity (Wildman–Crippen MR) is 191 cm³/mol. The van der Waals surface area contributed by atoms with E-state index >= 15 is 0 Å². The Balaban J connectivity index is 1.18. The van der Waals surface area contributed by atoms with Gasteiger partial charge in [0.2, 0.25) is 0 Å². The quantitative estimate of drug-likeness (QED) is 0.189. The molecule has 0 N–H and O–H groups in total. The first-order valence-electron chi connectivity index (χ1n) is 15.5. The fourth-order valence-electron chi connectivity index (χ4n) is 6.74. The molecule has 0 fully saturated rings. The summed E-state index contributed by atoms with van der Waals surface area (Å²) in [6.45, 7) is 0. The molecule has 0 spiro atoms. The van der Waals surface area contributed by atoms with Crippen molar-refractivity contribution in [3.8, 4) is 56.2 Å². The molecule has 0 saturated heterocycles. The normalized spacial score (nSPS) is 11.5. The van der Waals surface area contributed by atoms with E-state index in [9.17, 15) is 0 Å². The van der Waals surface area contributed by atoms with Crippen molar-refractivity contribution < 1.29 is 0 Å². The van der Waals surface area contributed by atoms with Crippen LogP contribution in [0.4, 0.5) is 0 Å². The van der Waals surface area contributed by atoms with E-state index in [2.05, 4.69) is 132 Å². The highest BCUT2D eigenvalue weighted by Crippen LogP contribution is 2.40. The van der Waals surface area contributed by atoms with E-state index < -0.39 is 0 Å². The van der Waals surface area contributed by atoms with Crippen molar-refractivity contribution in [1.82, 2.24) is 15.0 Å². The van der Waals surface area contributed by atoms with Gasteiger partial charge in [-0.05, 0) is 61.1 Å². The average molecular weight is 586 g/mol. The van der Waals surface area contributed by atoms with Gasteiger partial charge >= 0.3 is 0 Å². The van der Waals surface area contributed by atoms with Gasteiger partial charge in [-0.15, -0.1) is 0 Å². The molecule has 0 saturated carbocycles. The van der Waals surface area contributed by atoms with E-state index in [1.807, 2.05) is 30.5 Å². The molecule has 9 aromatic rings. The van der Waals surface area contributed by atoms with Gasteiger partial charge < -0.3 is 0 Å². The van der Waals surface area contributed by atoms with Crippen molar-refractivity contribution >= 4 is 32.3 Å². The number of hydrogen-bond acceptors (Lipinski definition) is 3. The van der Waals surface area contributed by atoms with Crippen molar-refractivity contribution in [3.05, 3.63) is 164 Å². The fourth-order valence-corrected chi connectivity index (χ4v) is 6.74. The van der Waals surface area contributed by atoms with Crippen LogP contribution in [0.2, 0.25) is 0 Å². The van der Waals surface area contributed by atoms with Crippen LogP contribution in [-0.4, -0.2) is 15.0 Å². The van der Waals surface area contributed by atoms with Crippen molar-refractivity contribution in [3.63, 3.8) is 0 Å². The molecule has 9 rings (SSSR count). The number of hydrogen-bond donors (Lipinski definition) is 0. The Morgan fingerprint density at radius 2 is 1.02 bits per heavy atom. The molecule has 0 amide bonds. The van der Waals surface area contributed by atoms with Crippen LogP contribution in [0.15, 0.2) is 164 Å². The van der Waals surface area contributed by atoms with Gasteiger partial charge in [0.1, 0.15) is 0 Å². The summed E-state index contributed by atoms with van der Waals surface area (Å²) >= 11 is 0. The Labute approximate surface area is 266 Å². The SMILES string of the molecule is c1ccc(-c2nc(-c3ccc(-c4ccc5ccc6cccc7ccc4c5c67)cc3)cc(-c3ccccc3-c3cccnc3)n2)cc1. The first-order valence-corrected chi connectivity index (χ1v) is 15.5. The Morgan fingerprint density at radius 3 is 1.80 bits per heavy atom. The van der Waals surface area contributed by atoms with Crippen molar-refractivity contribution in [2.24, 2.45) is 0 Å². The summed E-state index contributed by atoms with van der Waals surface area (Å²) in [5.41, 5.74) is 9.38. The standard InChI is InChI=1S/C43H27N3/c1-2-8-33(9-3-1)43-45-39(26-40(46-43)37-14-5-4-13-35(37)34-12-7-25-44-27-34)29-17-15-28(16-18-29)36-23-21-32-20-19-30-10-6-11-31-22-24-38(36)42(32)41(30)31/h1-27H. The number of rotatable bonds is 5. The lowest BCUT2D eigenvalue weighted by Crippen LogP contribution is -1.97. The molecule has 0 unspecified atom stereocenters. The van der Waals surface area contributed by atoms with Crippen LogP contribution < -0.4 is 0 Å². The molecule has 0 atom stereocenters. The largest absolute Gasteiger partial charge is 0.264 e. The van der Waals surface area contributed by atoms with Crippen LogP contribution in [0.3, 0.4) is 0 Å². The molecular weight excluding hydrogens is 558 g/mol. The van der Waals surface area contributed by atoms with E-state index in [1.54, 1.807) is 6.20 Å². The van der Waals surface area contributed by atoms with Crippen molar-refractivity contribution in [1.29, 1.82) is 0 Å². The molecule has 0 aliphatic carbocycles. The highest BCUT2D eigenvalue weighted by molar-refractivity contribution is 6.25. The van der Waals surface area contributed by atoms with Gasteiger partial charge in [-0.1, -0.05) is 140 Å². The minimum atomic E-state index is 0.699. The van der Waals surface area contributed by atoms with E-state index in [0.29, 0.717) is 5.82 Å². The molecule has 2 heterocycles. The molecule has 7 aromatic carbocycles. The van der Waals surface area contributed by atoms with Crippen LogP contribution in [-0.2, 0) is 0 Å². The molecule has 214 valence electrons. The predicted octanol–water partition coefficient (Wildman–Crippen LogP) is 11.1. The second-order valence-electron chi connectivity index (χ2n) is 11.7. The number of pyridine rings is 1. The third kappa shape index (κ3) is 4.41. The molecule has 3 nitrogen and oxygen atoms in total. The molecular formula is C43H27N3. The maximum absolute atomic E-state index is 5.09. The van der Waals surface area contributed by atoms with E-state index in [-0.39, 0.29) is 0 Å². The summed E-state index contributed by atoms with van der Waals surface area (Å²) in [7, 11) is 0. The summed E-state index contributed by atoms with van der Waals surface area (Å²) in [4.78, 5) is 14.5. The molecule has 0 aliphatic heterocycles. The minimum Gasteiger partial charge on any atom is -0.264 e. The van der Waals surface area contributed by atoms with Gasteiger partial charge in [-0.2, -0.15) is 0 Å². The first kappa shape index (κ1) is 26.2. The third-order valence-corrected chi connectivity index (χ3v) is 8.95. The van der Waals surface area contributed by atoms with E-state index in [4.69, 9.17) is 9.97 Å². The molecule has 0 bridgehead atoms. The van der Waals surface area contributed by atoms with Crippen LogP contribution in [0.1, 0.15) is 0 Å². The summed E-state index contributed by atoms with van der Waals surface area (Å²) < 4.78 is 0. The topological polar surface area (TPSA) is 38.7 Å². The molecule has 2 aromatic heterocycles. The van der Waals surface area contributed by atoms with Gasteiger partial charge in [0.25, 0.3) is 0 Å². The highest BCUT2D eigenvalue weighted by atomic mass is 14.9. The average Bonchev–Trinajstić information content (AvgIpc) is 3.14. The lowest BCUT2D eigenvalue weighted by atomic mass is 9.89. The summed E-state index contributed by atoms with van der Waals surface area (Å²) in [6, 6.07) is 53.6.